The predicted molar refractivity (Wildman–Crippen MR) is 124 cm³/mol. The van der Waals surface area contributed by atoms with Gasteiger partial charge in [0.15, 0.2) is 11.4 Å². The molecule has 0 spiro atoms. The molecule has 33 heavy (non-hydrogen) atoms. The molecule has 1 atom stereocenters. The van der Waals surface area contributed by atoms with Gasteiger partial charge in [-0.15, -0.1) is 0 Å². The van der Waals surface area contributed by atoms with Crippen molar-refractivity contribution in [3.05, 3.63) is 77.2 Å². The Balaban J connectivity index is 1.66. The van der Waals surface area contributed by atoms with E-state index in [-0.39, 0.29) is 11.7 Å². The molecular formula is C26H25N3O4. The van der Waals surface area contributed by atoms with E-state index in [1.165, 1.54) is 0 Å². The van der Waals surface area contributed by atoms with E-state index in [2.05, 4.69) is 4.98 Å². The molecule has 0 bridgehead atoms. The van der Waals surface area contributed by atoms with E-state index in [4.69, 9.17) is 19.3 Å². The largest absolute Gasteiger partial charge is 0.497 e. The highest BCUT2D eigenvalue weighted by Gasteiger charge is 2.31. The standard InChI is InChI=1S/C26H25N3O4/c1-31-15-21-25(16-8-10-18(32-2)11-9-16)26-27-14-20-22(29(26)28-21)12-17(13-23(20)30)19-6-4-5-7-24(19)33-3/h4-11,14,17H,12-13,15H2,1-3H3/t17-/m0/s1. The molecule has 2 aromatic carbocycles. The number of Topliss-reactive ketones (excluding diaryl/α,β-unsaturated/α-hetero) is 1. The molecule has 5 rings (SSSR count). The highest BCUT2D eigenvalue weighted by atomic mass is 16.5. The Labute approximate surface area is 191 Å². The van der Waals surface area contributed by atoms with Gasteiger partial charge >= 0.3 is 0 Å². The van der Waals surface area contributed by atoms with Gasteiger partial charge in [-0.3, -0.25) is 4.79 Å². The third kappa shape index (κ3) is 3.64. The average molecular weight is 444 g/mol. The van der Waals surface area contributed by atoms with Crippen LogP contribution in [0.5, 0.6) is 11.5 Å². The van der Waals surface area contributed by atoms with Crippen molar-refractivity contribution in [3.63, 3.8) is 0 Å². The molecule has 0 N–H and O–H groups in total. The second kappa shape index (κ2) is 8.67. The fourth-order valence-electron chi connectivity index (χ4n) is 4.66. The SMILES string of the molecule is COCc1nn2c3c(cnc2c1-c1ccc(OC)cc1)C(=O)C[C@@H](c1ccccc1OC)C3. The second-order valence-electron chi connectivity index (χ2n) is 8.11. The zero-order chi connectivity index (χ0) is 22.9. The lowest BCUT2D eigenvalue weighted by Crippen LogP contribution is -2.23. The Kier molecular flexibility index (Phi) is 5.56. The molecule has 0 amide bonds. The zero-order valence-corrected chi connectivity index (χ0v) is 18.9. The fraction of sp³-hybridized carbons (Fsp3) is 0.269. The average Bonchev–Trinajstić information content (AvgIpc) is 3.22. The number of rotatable bonds is 6. The minimum Gasteiger partial charge on any atom is -0.497 e. The Morgan fingerprint density at radius 3 is 2.52 bits per heavy atom. The molecule has 4 aromatic rings. The summed E-state index contributed by atoms with van der Waals surface area (Å²) >= 11 is 0. The van der Waals surface area contributed by atoms with E-state index in [1.807, 2.05) is 53.0 Å². The summed E-state index contributed by atoms with van der Waals surface area (Å²) in [4.78, 5) is 17.8. The topological polar surface area (TPSA) is 75.0 Å². The summed E-state index contributed by atoms with van der Waals surface area (Å²) in [5.74, 6) is 1.64. The van der Waals surface area contributed by atoms with Crippen LogP contribution in [0, 0.1) is 0 Å². The summed E-state index contributed by atoms with van der Waals surface area (Å²) in [5.41, 5.74) is 5.87. The molecule has 0 saturated carbocycles. The molecular weight excluding hydrogens is 418 g/mol. The number of fused-ring (bicyclic) bond motifs is 3. The third-order valence-corrected chi connectivity index (χ3v) is 6.23. The third-order valence-electron chi connectivity index (χ3n) is 6.23. The molecule has 7 nitrogen and oxygen atoms in total. The molecule has 7 heteroatoms. The molecule has 2 aromatic heterocycles. The van der Waals surface area contributed by atoms with E-state index >= 15 is 0 Å². The lowest BCUT2D eigenvalue weighted by molar-refractivity contribution is 0.0961. The van der Waals surface area contributed by atoms with Crippen molar-refractivity contribution in [2.45, 2.75) is 25.4 Å². The summed E-state index contributed by atoms with van der Waals surface area (Å²) in [6, 6.07) is 15.7. The Hall–Kier alpha value is -3.71. The van der Waals surface area contributed by atoms with Crippen LogP contribution < -0.4 is 9.47 Å². The van der Waals surface area contributed by atoms with Gasteiger partial charge in [-0.1, -0.05) is 30.3 Å². The van der Waals surface area contributed by atoms with Gasteiger partial charge in [0, 0.05) is 25.6 Å². The summed E-state index contributed by atoms with van der Waals surface area (Å²) in [6.07, 6.45) is 2.77. The van der Waals surface area contributed by atoms with Crippen molar-refractivity contribution in [3.8, 4) is 22.6 Å². The predicted octanol–water partition coefficient (Wildman–Crippen LogP) is 4.47. The van der Waals surface area contributed by atoms with Gasteiger partial charge in [-0.05, 0) is 35.7 Å². The zero-order valence-electron chi connectivity index (χ0n) is 18.9. The lowest BCUT2D eigenvalue weighted by Gasteiger charge is -2.25. The van der Waals surface area contributed by atoms with Crippen LogP contribution in [0.15, 0.2) is 54.7 Å². The van der Waals surface area contributed by atoms with Crippen LogP contribution in [0.2, 0.25) is 0 Å². The molecule has 0 fully saturated rings. The van der Waals surface area contributed by atoms with Crippen LogP contribution in [0.4, 0.5) is 0 Å². The molecule has 0 saturated heterocycles. The first-order valence-electron chi connectivity index (χ1n) is 10.8. The molecule has 2 heterocycles. The van der Waals surface area contributed by atoms with Gasteiger partial charge < -0.3 is 14.2 Å². The van der Waals surface area contributed by atoms with Crippen molar-refractivity contribution in [2.75, 3.05) is 21.3 Å². The number of ketones is 1. The Bertz CT molecular complexity index is 1330. The summed E-state index contributed by atoms with van der Waals surface area (Å²) in [7, 11) is 4.95. The van der Waals surface area contributed by atoms with Gasteiger partial charge in [0.05, 0.1) is 43.3 Å². The highest BCUT2D eigenvalue weighted by molar-refractivity contribution is 5.99. The van der Waals surface area contributed by atoms with Gasteiger partial charge in [0.25, 0.3) is 0 Å². The van der Waals surface area contributed by atoms with E-state index < -0.39 is 0 Å². The Morgan fingerprint density at radius 2 is 1.79 bits per heavy atom. The molecule has 0 aliphatic heterocycles. The van der Waals surface area contributed by atoms with Crippen LogP contribution in [0.1, 0.15) is 39.6 Å². The first-order valence-corrected chi connectivity index (χ1v) is 10.8. The monoisotopic (exact) mass is 443 g/mol. The van der Waals surface area contributed by atoms with Gasteiger partial charge in [0.2, 0.25) is 0 Å². The summed E-state index contributed by atoms with van der Waals surface area (Å²) in [5, 5.41) is 4.85. The van der Waals surface area contributed by atoms with Crippen LogP contribution in [0.3, 0.4) is 0 Å². The molecule has 168 valence electrons. The van der Waals surface area contributed by atoms with Crippen LogP contribution in [-0.4, -0.2) is 41.7 Å². The van der Waals surface area contributed by atoms with Gasteiger partial charge in [0.1, 0.15) is 11.5 Å². The van der Waals surface area contributed by atoms with Crippen molar-refractivity contribution >= 4 is 11.4 Å². The van der Waals surface area contributed by atoms with Crippen molar-refractivity contribution in [1.29, 1.82) is 0 Å². The number of hydrogen-bond donors (Lipinski definition) is 0. The normalized spacial score (nSPS) is 15.5. The number of methoxy groups -OCH3 is 3. The minimum atomic E-state index is 0.00580. The van der Waals surface area contributed by atoms with E-state index in [0.29, 0.717) is 30.7 Å². The quantitative estimate of drug-likeness (QED) is 0.438. The number of aromatic nitrogens is 3. The Morgan fingerprint density at radius 1 is 1.00 bits per heavy atom. The highest BCUT2D eigenvalue weighted by Crippen LogP contribution is 2.38. The molecule has 1 aliphatic carbocycles. The van der Waals surface area contributed by atoms with Crippen molar-refractivity contribution in [2.24, 2.45) is 0 Å². The van der Waals surface area contributed by atoms with Gasteiger partial charge in [-0.2, -0.15) is 5.10 Å². The maximum Gasteiger partial charge on any atom is 0.166 e. The number of hydrogen-bond acceptors (Lipinski definition) is 6. The lowest BCUT2D eigenvalue weighted by atomic mass is 9.81. The molecule has 0 radical (unpaired) electrons. The smallest absolute Gasteiger partial charge is 0.166 e. The van der Waals surface area contributed by atoms with E-state index in [1.54, 1.807) is 27.5 Å². The van der Waals surface area contributed by atoms with Crippen molar-refractivity contribution < 1.29 is 19.0 Å². The van der Waals surface area contributed by atoms with Gasteiger partial charge in [-0.25, -0.2) is 9.50 Å². The number of nitrogens with zero attached hydrogens (tertiary/aromatic N) is 3. The van der Waals surface area contributed by atoms with E-state index in [9.17, 15) is 4.79 Å². The minimum absolute atomic E-state index is 0.00580. The first-order chi connectivity index (χ1) is 16.1. The van der Waals surface area contributed by atoms with E-state index in [0.717, 1.165) is 39.6 Å². The number of carbonyl (C=O) groups is 1. The maximum atomic E-state index is 13.1. The van der Waals surface area contributed by atoms with Crippen LogP contribution >= 0.6 is 0 Å². The molecule has 0 unspecified atom stereocenters. The number of carbonyl (C=O) groups excluding carboxylic acids is 1. The first kappa shape index (κ1) is 21.2. The summed E-state index contributed by atoms with van der Waals surface area (Å²) < 4.78 is 18.1. The van der Waals surface area contributed by atoms with Crippen molar-refractivity contribution in [1.82, 2.24) is 14.6 Å². The number of benzene rings is 2. The van der Waals surface area contributed by atoms with Crippen LogP contribution in [-0.2, 0) is 17.8 Å². The fourth-order valence-corrected chi connectivity index (χ4v) is 4.66. The van der Waals surface area contributed by atoms with Crippen LogP contribution in [0.25, 0.3) is 16.8 Å². The maximum absolute atomic E-state index is 13.1. The second-order valence-corrected chi connectivity index (χ2v) is 8.11. The summed E-state index contributed by atoms with van der Waals surface area (Å²) in [6.45, 7) is 0.337. The molecule has 1 aliphatic rings. The number of para-hydroxylation sites is 1. The number of ether oxygens (including phenoxy) is 3.